The molecule has 0 aliphatic heterocycles. The van der Waals surface area contributed by atoms with E-state index in [0.29, 0.717) is 5.88 Å². The van der Waals surface area contributed by atoms with Gasteiger partial charge in [0.15, 0.2) is 0 Å². The van der Waals surface area contributed by atoms with E-state index in [2.05, 4.69) is 31.1 Å². The number of nitrogens with one attached hydrogen (secondary N) is 1. The fourth-order valence-electron chi connectivity index (χ4n) is 0.977. The van der Waals surface area contributed by atoms with E-state index in [1.165, 1.54) is 4.88 Å². The van der Waals surface area contributed by atoms with Crippen molar-refractivity contribution in [3.05, 3.63) is 15.6 Å². The van der Waals surface area contributed by atoms with Gasteiger partial charge in [-0.25, -0.2) is 4.98 Å². The van der Waals surface area contributed by atoms with E-state index in [0.717, 1.165) is 17.2 Å². The molecule has 1 aromatic rings. The third kappa shape index (κ3) is 3.23. The first-order chi connectivity index (χ1) is 6.44. The van der Waals surface area contributed by atoms with E-state index in [9.17, 15) is 0 Å². The Bertz CT molecular complexity index is 288. The molecule has 1 N–H and O–H groups in total. The van der Waals surface area contributed by atoms with Crippen molar-refractivity contribution in [3.8, 4) is 0 Å². The Morgan fingerprint density at radius 2 is 2.07 bits per heavy atom. The van der Waals surface area contributed by atoms with Crippen molar-refractivity contribution < 1.29 is 0 Å². The molecule has 0 bridgehead atoms. The first kappa shape index (κ1) is 12.0. The molecule has 0 aromatic carbocycles. The van der Waals surface area contributed by atoms with Crippen molar-refractivity contribution in [1.29, 1.82) is 0 Å². The van der Waals surface area contributed by atoms with E-state index in [4.69, 9.17) is 11.6 Å². The number of halogens is 1. The summed E-state index contributed by atoms with van der Waals surface area (Å²) in [5.74, 6) is 0.607. The number of aromatic nitrogens is 1. The summed E-state index contributed by atoms with van der Waals surface area (Å²) in [6.07, 6.45) is 0. The standard InChI is InChI=1S/C10H17ClN2S/c1-7-8(2)14-9(13-7)5-12-10(3,4)6-11/h12H,5-6H2,1-4H3. The molecule has 1 heterocycles. The molecular formula is C10H17ClN2S. The van der Waals surface area contributed by atoms with Gasteiger partial charge in [0, 0.05) is 22.8 Å². The second-order valence-corrected chi connectivity index (χ2v) is 5.68. The smallest absolute Gasteiger partial charge is 0.107 e. The summed E-state index contributed by atoms with van der Waals surface area (Å²) in [5.41, 5.74) is 1.12. The molecule has 4 heteroatoms. The van der Waals surface area contributed by atoms with Crippen molar-refractivity contribution >= 4 is 22.9 Å². The molecule has 0 atom stereocenters. The highest BCUT2D eigenvalue weighted by Crippen LogP contribution is 2.17. The maximum absolute atomic E-state index is 5.82. The molecule has 2 nitrogen and oxygen atoms in total. The summed E-state index contributed by atoms with van der Waals surface area (Å²) in [4.78, 5) is 5.76. The minimum Gasteiger partial charge on any atom is -0.304 e. The summed E-state index contributed by atoms with van der Waals surface area (Å²) in [7, 11) is 0. The Hall–Kier alpha value is -0.120. The monoisotopic (exact) mass is 232 g/mol. The van der Waals surface area contributed by atoms with Gasteiger partial charge in [-0.1, -0.05) is 0 Å². The molecule has 14 heavy (non-hydrogen) atoms. The molecule has 0 spiro atoms. The maximum Gasteiger partial charge on any atom is 0.107 e. The van der Waals surface area contributed by atoms with Gasteiger partial charge >= 0.3 is 0 Å². The summed E-state index contributed by atoms with van der Waals surface area (Å²) < 4.78 is 0. The summed E-state index contributed by atoms with van der Waals surface area (Å²) in [6.45, 7) is 9.13. The van der Waals surface area contributed by atoms with Crippen LogP contribution in [-0.2, 0) is 6.54 Å². The average molecular weight is 233 g/mol. The SMILES string of the molecule is Cc1nc(CNC(C)(C)CCl)sc1C. The van der Waals surface area contributed by atoms with Crippen LogP contribution in [0.3, 0.4) is 0 Å². The molecule has 0 amide bonds. The lowest BCUT2D eigenvalue weighted by atomic mass is 10.1. The first-order valence-corrected chi connectivity index (χ1v) is 6.03. The molecule has 1 aromatic heterocycles. The van der Waals surface area contributed by atoms with Crippen molar-refractivity contribution in [2.45, 2.75) is 39.8 Å². The van der Waals surface area contributed by atoms with E-state index in [1.807, 2.05) is 6.92 Å². The minimum atomic E-state index is -0.0188. The fourth-order valence-corrected chi connectivity index (χ4v) is 1.95. The van der Waals surface area contributed by atoms with Crippen LogP contribution in [-0.4, -0.2) is 16.4 Å². The number of aryl methyl sites for hydroxylation is 2. The van der Waals surface area contributed by atoms with Gasteiger partial charge in [0.05, 0.1) is 5.69 Å². The second kappa shape index (κ2) is 4.60. The summed E-state index contributed by atoms with van der Waals surface area (Å²) >= 11 is 7.57. The quantitative estimate of drug-likeness (QED) is 0.808. The van der Waals surface area contributed by atoms with Gasteiger partial charge in [0.25, 0.3) is 0 Å². The highest BCUT2D eigenvalue weighted by molar-refractivity contribution is 7.11. The third-order valence-electron chi connectivity index (χ3n) is 2.13. The van der Waals surface area contributed by atoms with Gasteiger partial charge in [-0.3, -0.25) is 0 Å². The lowest BCUT2D eigenvalue weighted by Gasteiger charge is -2.22. The van der Waals surface area contributed by atoms with E-state index >= 15 is 0 Å². The molecule has 0 aliphatic rings. The normalized spacial score (nSPS) is 12.1. The maximum atomic E-state index is 5.82. The third-order valence-corrected chi connectivity index (χ3v) is 3.87. The molecule has 0 aliphatic carbocycles. The minimum absolute atomic E-state index is 0.0188. The first-order valence-electron chi connectivity index (χ1n) is 4.68. The van der Waals surface area contributed by atoms with Crippen molar-refractivity contribution in [2.75, 3.05) is 5.88 Å². The molecule has 80 valence electrons. The highest BCUT2D eigenvalue weighted by Gasteiger charge is 2.15. The predicted octanol–water partition coefficient (Wildman–Crippen LogP) is 2.87. The van der Waals surface area contributed by atoms with Crippen LogP contribution in [0.1, 0.15) is 29.4 Å². The molecule has 1 rings (SSSR count). The topological polar surface area (TPSA) is 24.9 Å². The molecule has 0 saturated carbocycles. The molecule has 0 fully saturated rings. The summed E-state index contributed by atoms with van der Waals surface area (Å²) in [5, 5.41) is 4.52. The number of hydrogen-bond donors (Lipinski definition) is 1. The van der Waals surface area contributed by atoms with Crippen LogP contribution < -0.4 is 5.32 Å². The zero-order valence-electron chi connectivity index (χ0n) is 9.15. The van der Waals surface area contributed by atoms with Gasteiger partial charge in [-0.05, 0) is 27.7 Å². The van der Waals surface area contributed by atoms with Crippen LogP contribution in [0.4, 0.5) is 0 Å². The number of nitrogens with zero attached hydrogens (tertiary/aromatic N) is 1. The van der Waals surface area contributed by atoms with Crippen molar-refractivity contribution in [2.24, 2.45) is 0 Å². The van der Waals surface area contributed by atoms with Gasteiger partial charge in [-0.2, -0.15) is 0 Å². The number of alkyl halides is 1. The Kier molecular flexibility index (Phi) is 3.93. The van der Waals surface area contributed by atoms with E-state index < -0.39 is 0 Å². The predicted molar refractivity (Wildman–Crippen MR) is 63.2 cm³/mol. The van der Waals surface area contributed by atoms with Crippen molar-refractivity contribution in [3.63, 3.8) is 0 Å². The summed E-state index contributed by atoms with van der Waals surface area (Å²) in [6, 6.07) is 0. The Balaban J connectivity index is 2.54. The van der Waals surface area contributed by atoms with Crippen LogP contribution >= 0.6 is 22.9 Å². The van der Waals surface area contributed by atoms with Gasteiger partial charge in [0.1, 0.15) is 5.01 Å². The highest BCUT2D eigenvalue weighted by atomic mass is 35.5. The number of hydrogen-bond acceptors (Lipinski definition) is 3. The second-order valence-electron chi connectivity index (χ2n) is 4.12. The number of thiazole rings is 1. The van der Waals surface area contributed by atoms with Crippen molar-refractivity contribution in [1.82, 2.24) is 10.3 Å². The molecular weight excluding hydrogens is 216 g/mol. The van der Waals surface area contributed by atoms with Gasteiger partial charge < -0.3 is 5.32 Å². The van der Waals surface area contributed by atoms with Crippen LogP contribution in [0.2, 0.25) is 0 Å². The van der Waals surface area contributed by atoms with Crippen LogP contribution in [0, 0.1) is 13.8 Å². The average Bonchev–Trinajstić information content (AvgIpc) is 2.44. The number of rotatable bonds is 4. The van der Waals surface area contributed by atoms with E-state index in [-0.39, 0.29) is 5.54 Å². The van der Waals surface area contributed by atoms with Crippen LogP contribution in [0.15, 0.2) is 0 Å². The van der Waals surface area contributed by atoms with E-state index in [1.54, 1.807) is 11.3 Å². The zero-order valence-corrected chi connectivity index (χ0v) is 10.7. The Morgan fingerprint density at radius 3 is 2.50 bits per heavy atom. The molecule has 0 unspecified atom stereocenters. The largest absolute Gasteiger partial charge is 0.304 e. The molecule has 0 radical (unpaired) electrons. The zero-order chi connectivity index (χ0) is 10.8. The molecule has 0 saturated heterocycles. The van der Waals surface area contributed by atoms with Crippen LogP contribution in [0.25, 0.3) is 0 Å². The van der Waals surface area contributed by atoms with Gasteiger partial charge in [0.2, 0.25) is 0 Å². The fraction of sp³-hybridized carbons (Fsp3) is 0.700. The lowest BCUT2D eigenvalue weighted by molar-refractivity contribution is 0.429. The van der Waals surface area contributed by atoms with Gasteiger partial charge in [-0.15, -0.1) is 22.9 Å². The lowest BCUT2D eigenvalue weighted by Crippen LogP contribution is -2.40. The Labute approximate surface area is 94.7 Å². The Morgan fingerprint density at radius 1 is 1.43 bits per heavy atom. The van der Waals surface area contributed by atoms with Crippen LogP contribution in [0.5, 0.6) is 0 Å².